The smallest absolute Gasteiger partial charge is 0.249 e. The largest absolute Gasteiger partial charge is 0.358 e. The van der Waals surface area contributed by atoms with E-state index in [0.717, 1.165) is 5.56 Å². The van der Waals surface area contributed by atoms with E-state index in [0.29, 0.717) is 30.9 Å². The van der Waals surface area contributed by atoms with E-state index in [-0.39, 0.29) is 17.6 Å². The molecule has 1 aliphatic heterocycles. The van der Waals surface area contributed by atoms with Gasteiger partial charge in [0, 0.05) is 19.0 Å². The normalized spacial score (nSPS) is 17.7. The summed E-state index contributed by atoms with van der Waals surface area (Å²) in [7, 11) is 0. The number of aromatic nitrogens is 2. The summed E-state index contributed by atoms with van der Waals surface area (Å²) < 4.78 is 12.9. The van der Waals surface area contributed by atoms with E-state index in [4.69, 9.17) is 0 Å². The molecular weight excluding hydrogens is 299 g/mol. The molecule has 3 rings (SSSR count). The fourth-order valence-corrected chi connectivity index (χ4v) is 2.36. The van der Waals surface area contributed by atoms with Crippen molar-refractivity contribution in [1.29, 1.82) is 0 Å². The molecule has 1 unspecified atom stereocenters. The van der Waals surface area contributed by atoms with Crippen LogP contribution in [0.1, 0.15) is 24.2 Å². The highest BCUT2D eigenvalue weighted by atomic mass is 19.1. The fraction of sp³-hybridized carbons (Fsp3) is 0.250. The van der Waals surface area contributed by atoms with Crippen LogP contribution in [-0.2, 0) is 16.0 Å². The fourth-order valence-electron chi connectivity index (χ4n) is 2.36. The van der Waals surface area contributed by atoms with Gasteiger partial charge in [-0.1, -0.05) is 12.1 Å². The molecule has 2 aromatic rings. The van der Waals surface area contributed by atoms with Gasteiger partial charge in [-0.25, -0.2) is 14.4 Å². The highest BCUT2D eigenvalue weighted by Gasteiger charge is 2.26. The second kappa shape index (κ2) is 6.51. The Morgan fingerprint density at radius 3 is 2.74 bits per heavy atom. The summed E-state index contributed by atoms with van der Waals surface area (Å²) in [6, 6.07) is 7.32. The SMILES string of the molecule is O=C1CCC(Nc2ccnc(Cc3ccc(F)cc3)n2)C(=O)N1. The van der Waals surface area contributed by atoms with E-state index < -0.39 is 6.04 Å². The lowest BCUT2D eigenvalue weighted by Crippen LogP contribution is -2.47. The number of imide groups is 1. The van der Waals surface area contributed by atoms with Gasteiger partial charge in [0.05, 0.1) is 0 Å². The number of nitrogens with one attached hydrogen (secondary N) is 2. The average molecular weight is 314 g/mol. The molecule has 1 aliphatic rings. The molecule has 118 valence electrons. The quantitative estimate of drug-likeness (QED) is 0.834. The zero-order chi connectivity index (χ0) is 16.2. The number of hydrogen-bond donors (Lipinski definition) is 2. The summed E-state index contributed by atoms with van der Waals surface area (Å²) in [6.45, 7) is 0. The van der Waals surface area contributed by atoms with Gasteiger partial charge in [-0.15, -0.1) is 0 Å². The molecule has 2 heterocycles. The molecule has 6 nitrogen and oxygen atoms in total. The van der Waals surface area contributed by atoms with E-state index >= 15 is 0 Å². The number of nitrogens with zero attached hydrogens (tertiary/aromatic N) is 2. The molecule has 1 aromatic heterocycles. The maximum Gasteiger partial charge on any atom is 0.249 e. The van der Waals surface area contributed by atoms with Gasteiger partial charge in [-0.2, -0.15) is 0 Å². The first-order chi connectivity index (χ1) is 11.1. The molecule has 1 saturated heterocycles. The number of piperidine rings is 1. The second-order valence-electron chi connectivity index (χ2n) is 5.31. The van der Waals surface area contributed by atoms with E-state index in [9.17, 15) is 14.0 Å². The van der Waals surface area contributed by atoms with Crippen molar-refractivity contribution < 1.29 is 14.0 Å². The first-order valence-corrected chi connectivity index (χ1v) is 7.27. The zero-order valence-electron chi connectivity index (χ0n) is 12.3. The Kier molecular flexibility index (Phi) is 4.27. The van der Waals surface area contributed by atoms with Gasteiger partial charge >= 0.3 is 0 Å². The van der Waals surface area contributed by atoms with Crippen molar-refractivity contribution in [3.05, 3.63) is 53.7 Å². The molecule has 1 aromatic carbocycles. The van der Waals surface area contributed by atoms with Gasteiger partial charge in [-0.3, -0.25) is 14.9 Å². The molecule has 1 fully saturated rings. The van der Waals surface area contributed by atoms with Gasteiger partial charge in [0.2, 0.25) is 11.8 Å². The molecule has 23 heavy (non-hydrogen) atoms. The lowest BCUT2D eigenvalue weighted by molar-refractivity contribution is -0.133. The van der Waals surface area contributed by atoms with Crippen LogP contribution in [-0.4, -0.2) is 27.8 Å². The number of halogens is 1. The first-order valence-electron chi connectivity index (χ1n) is 7.27. The summed E-state index contributed by atoms with van der Waals surface area (Å²) >= 11 is 0. The van der Waals surface area contributed by atoms with Crippen molar-refractivity contribution >= 4 is 17.6 Å². The second-order valence-corrected chi connectivity index (χ2v) is 5.31. The van der Waals surface area contributed by atoms with Crippen LogP contribution >= 0.6 is 0 Å². The summed E-state index contributed by atoms with van der Waals surface area (Å²) in [5, 5.41) is 5.30. The van der Waals surface area contributed by atoms with Crippen LogP contribution in [0.15, 0.2) is 36.5 Å². The highest BCUT2D eigenvalue weighted by Crippen LogP contribution is 2.13. The maximum absolute atomic E-state index is 12.9. The predicted octanol–water partition coefficient (Wildman–Crippen LogP) is 1.42. The Morgan fingerprint density at radius 2 is 2.00 bits per heavy atom. The number of carbonyl (C=O) groups excluding carboxylic acids is 2. The van der Waals surface area contributed by atoms with Crippen molar-refractivity contribution in [3.63, 3.8) is 0 Å². The summed E-state index contributed by atoms with van der Waals surface area (Å²) in [6.07, 6.45) is 2.80. The molecule has 7 heteroatoms. The Balaban J connectivity index is 1.68. The monoisotopic (exact) mass is 314 g/mol. The molecular formula is C16H15FN4O2. The summed E-state index contributed by atoms with van der Waals surface area (Å²) in [5.41, 5.74) is 0.893. The van der Waals surface area contributed by atoms with Crippen molar-refractivity contribution in [2.24, 2.45) is 0 Å². The Labute approximate surface area is 132 Å². The number of amides is 2. The predicted molar refractivity (Wildman–Crippen MR) is 81.0 cm³/mol. The average Bonchev–Trinajstić information content (AvgIpc) is 2.53. The first kappa shape index (κ1) is 15.1. The third-order valence-electron chi connectivity index (χ3n) is 3.54. The van der Waals surface area contributed by atoms with Crippen LogP contribution in [0.2, 0.25) is 0 Å². The number of carbonyl (C=O) groups is 2. The van der Waals surface area contributed by atoms with Gasteiger partial charge in [0.25, 0.3) is 0 Å². The van der Waals surface area contributed by atoms with Crippen molar-refractivity contribution in [2.75, 3.05) is 5.32 Å². The van der Waals surface area contributed by atoms with Crippen LogP contribution in [0.4, 0.5) is 10.2 Å². The van der Waals surface area contributed by atoms with E-state index in [1.807, 2.05) is 0 Å². The topological polar surface area (TPSA) is 84.0 Å². The lowest BCUT2D eigenvalue weighted by atomic mass is 10.1. The van der Waals surface area contributed by atoms with Crippen LogP contribution in [0.5, 0.6) is 0 Å². The number of hydrogen-bond acceptors (Lipinski definition) is 5. The Morgan fingerprint density at radius 1 is 1.22 bits per heavy atom. The minimum atomic E-state index is -0.485. The van der Waals surface area contributed by atoms with Gasteiger partial charge in [0.1, 0.15) is 23.5 Å². The molecule has 0 spiro atoms. The van der Waals surface area contributed by atoms with Crippen molar-refractivity contribution in [2.45, 2.75) is 25.3 Å². The lowest BCUT2D eigenvalue weighted by Gasteiger charge is -2.22. The van der Waals surface area contributed by atoms with Crippen LogP contribution in [0.3, 0.4) is 0 Å². The molecule has 0 radical (unpaired) electrons. The Hall–Kier alpha value is -2.83. The van der Waals surface area contributed by atoms with Crippen molar-refractivity contribution in [1.82, 2.24) is 15.3 Å². The molecule has 0 saturated carbocycles. The van der Waals surface area contributed by atoms with E-state index in [1.54, 1.807) is 24.4 Å². The molecule has 0 aliphatic carbocycles. The third-order valence-corrected chi connectivity index (χ3v) is 3.54. The zero-order valence-corrected chi connectivity index (χ0v) is 12.3. The highest BCUT2D eigenvalue weighted by molar-refractivity contribution is 6.01. The van der Waals surface area contributed by atoms with E-state index in [1.165, 1.54) is 12.1 Å². The minimum Gasteiger partial charge on any atom is -0.358 e. The molecule has 0 bridgehead atoms. The van der Waals surface area contributed by atoms with Gasteiger partial charge in [-0.05, 0) is 30.2 Å². The number of rotatable bonds is 4. The summed E-state index contributed by atoms with van der Waals surface area (Å²) in [5.74, 6) is 0.191. The number of benzene rings is 1. The minimum absolute atomic E-state index is 0.257. The van der Waals surface area contributed by atoms with E-state index in [2.05, 4.69) is 20.6 Å². The molecule has 2 amide bonds. The standard InChI is InChI=1S/C16H15FN4O2/c17-11-3-1-10(2-4-11)9-14-18-8-7-13(20-14)19-12-5-6-15(22)21-16(12)23/h1-4,7-8,12H,5-6,9H2,(H,18,19,20)(H,21,22,23). The van der Waals surface area contributed by atoms with Crippen LogP contribution < -0.4 is 10.6 Å². The van der Waals surface area contributed by atoms with Crippen molar-refractivity contribution in [3.8, 4) is 0 Å². The van der Waals surface area contributed by atoms with Gasteiger partial charge in [0.15, 0.2) is 0 Å². The molecule has 1 atom stereocenters. The Bertz CT molecular complexity index is 733. The third kappa shape index (κ3) is 3.88. The summed E-state index contributed by atoms with van der Waals surface area (Å²) in [4.78, 5) is 31.4. The van der Waals surface area contributed by atoms with Crippen LogP contribution in [0, 0.1) is 5.82 Å². The molecule has 2 N–H and O–H groups in total. The van der Waals surface area contributed by atoms with Crippen LogP contribution in [0.25, 0.3) is 0 Å². The van der Waals surface area contributed by atoms with Gasteiger partial charge < -0.3 is 5.32 Å². The maximum atomic E-state index is 12.9. The number of anilines is 1.